The van der Waals surface area contributed by atoms with Crippen molar-refractivity contribution in [2.45, 2.75) is 110 Å². The maximum Gasteiger partial charge on any atom is 0.306 e. The molecule has 0 radical (unpaired) electrons. The summed E-state index contributed by atoms with van der Waals surface area (Å²) in [6, 6.07) is 0. The zero-order chi connectivity index (χ0) is 26.3. The molecule has 0 saturated heterocycles. The summed E-state index contributed by atoms with van der Waals surface area (Å²) in [4.78, 5) is 23.0. The summed E-state index contributed by atoms with van der Waals surface area (Å²) in [7, 11) is 5.82. The van der Waals surface area contributed by atoms with Crippen LogP contribution in [0.1, 0.15) is 107 Å². The summed E-state index contributed by atoms with van der Waals surface area (Å²) in [5.74, 6) is 0.644. The average Bonchev–Trinajstić information content (AvgIpc) is 3.01. The Morgan fingerprint density at radius 3 is 2.26 bits per heavy atom. The van der Waals surface area contributed by atoms with Gasteiger partial charge in [0.15, 0.2) is 6.10 Å². The molecule has 0 fully saturated rings. The third-order valence-corrected chi connectivity index (χ3v) is 6.31. The van der Waals surface area contributed by atoms with Gasteiger partial charge in [0.1, 0.15) is 18.1 Å². The number of esters is 1. The fraction of sp³-hybridized carbons (Fsp3) is 0.724. The third kappa shape index (κ3) is 14.2. The fourth-order valence-corrected chi connectivity index (χ4v) is 4.23. The van der Waals surface area contributed by atoms with Crippen molar-refractivity contribution in [1.82, 2.24) is 0 Å². The van der Waals surface area contributed by atoms with Gasteiger partial charge < -0.3 is 23.5 Å². The Morgan fingerprint density at radius 2 is 1.63 bits per heavy atom. The van der Waals surface area contributed by atoms with E-state index in [-0.39, 0.29) is 12.4 Å². The van der Waals surface area contributed by atoms with Crippen molar-refractivity contribution in [3.8, 4) is 0 Å². The minimum Gasteiger partial charge on any atom is -0.550 e. The Labute approximate surface area is 213 Å². The van der Waals surface area contributed by atoms with Crippen molar-refractivity contribution >= 4 is 18.0 Å². The van der Waals surface area contributed by atoms with Gasteiger partial charge in [0.2, 0.25) is 0 Å². The molecule has 200 valence electrons. The topological polar surface area (TPSA) is 79.6 Å². The van der Waals surface area contributed by atoms with Crippen LogP contribution in [0.5, 0.6) is 0 Å². The Hall–Kier alpha value is -2.08. The van der Waals surface area contributed by atoms with E-state index in [1.807, 2.05) is 21.1 Å². The van der Waals surface area contributed by atoms with E-state index in [1.54, 1.807) is 0 Å². The summed E-state index contributed by atoms with van der Waals surface area (Å²) in [5, 5.41) is 10.9. The van der Waals surface area contributed by atoms with Gasteiger partial charge in [-0.15, -0.1) is 0 Å². The van der Waals surface area contributed by atoms with Crippen LogP contribution in [0.15, 0.2) is 10.5 Å². The van der Waals surface area contributed by atoms with E-state index in [9.17, 15) is 14.7 Å². The molecular formula is C29H49NO5. The molecule has 0 amide bonds. The largest absolute Gasteiger partial charge is 0.550 e. The van der Waals surface area contributed by atoms with E-state index < -0.39 is 12.1 Å². The second-order valence-corrected chi connectivity index (χ2v) is 10.8. The molecule has 1 atom stereocenters. The quantitative estimate of drug-likeness (QED) is 0.145. The number of aliphatic carboxylic acids is 1. The Morgan fingerprint density at radius 1 is 0.971 bits per heavy atom. The van der Waals surface area contributed by atoms with E-state index in [0.29, 0.717) is 17.4 Å². The molecule has 6 nitrogen and oxygen atoms in total. The lowest BCUT2D eigenvalue weighted by Gasteiger charge is -2.29. The van der Waals surface area contributed by atoms with E-state index in [2.05, 4.69) is 32.9 Å². The minimum absolute atomic E-state index is 0.255. The number of carbonyl (C=O) groups excluding carboxylic acids is 2. The van der Waals surface area contributed by atoms with Crippen molar-refractivity contribution in [3.63, 3.8) is 0 Å². The number of aryl methyl sites for hydroxylation is 1. The summed E-state index contributed by atoms with van der Waals surface area (Å²) < 4.78 is 12.0. The predicted molar refractivity (Wildman–Crippen MR) is 140 cm³/mol. The van der Waals surface area contributed by atoms with Crippen molar-refractivity contribution in [3.05, 3.63) is 28.7 Å². The van der Waals surface area contributed by atoms with Crippen molar-refractivity contribution in [1.29, 1.82) is 0 Å². The molecule has 0 aromatic carbocycles. The van der Waals surface area contributed by atoms with Crippen molar-refractivity contribution < 1.29 is 28.3 Å². The van der Waals surface area contributed by atoms with E-state index >= 15 is 0 Å². The van der Waals surface area contributed by atoms with Crippen LogP contribution >= 0.6 is 0 Å². The second kappa shape index (κ2) is 16.6. The lowest BCUT2D eigenvalue weighted by molar-refractivity contribution is -0.873. The number of unbranched alkanes of at least 4 members (excludes halogenated alkanes) is 8. The first-order chi connectivity index (χ1) is 16.5. The molecule has 0 bridgehead atoms. The lowest BCUT2D eigenvalue weighted by Crippen LogP contribution is -2.45. The molecule has 1 heterocycles. The fourth-order valence-electron chi connectivity index (χ4n) is 4.23. The number of carboxylic acid groups (broad SMARTS) is 1. The number of furan rings is 1. The standard InChI is InChI=1S/C29H49NO5/c1-7-8-15-18-26-23(2)24(3)27(35-26)19-16-13-11-9-10-12-14-17-20-29(33)34-25(21-28(31)32)22-30(4,5)6/h16,19,25H,7-15,17-18,20-22H2,1-6H3/b19-16+. The number of hydrogen-bond donors (Lipinski definition) is 0. The Balaban J connectivity index is 2.18. The molecule has 1 rings (SSSR count). The van der Waals surface area contributed by atoms with Crippen LogP contribution in [0.3, 0.4) is 0 Å². The summed E-state index contributed by atoms with van der Waals surface area (Å²) >= 11 is 0. The molecule has 0 aliphatic carbocycles. The van der Waals surface area contributed by atoms with E-state index in [0.717, 1.165) is 56.5 Å². The Kier molecular flexibility index (Phi) is 14.6. The van der Waals surface area contributed by atoms with Crippen molar-refractivity contribution in [2.75, 3.05) is 27.7 Å². The van der Waals surface area contributed by atoms with Gasteiger partial charge in [0.05, 0.1) is 21.1 Å². The number of carboxylic acids is 1. The number of rotatable bonds is 19. The highest BCUT2D eigenvalue weighted by atomic mass is 16.5. The van der Waals surface area contributed by atoms with Gasteiger partial charge in [-0.2, -0.15) is 0 Å². The molecule has 6 heteroatoms. The molecule has 1 aromatic heterocycles. The average molecular weight is 492 g/mol. The van der Waals surface area contributed by atoms with Gasteiger partial charge in [-0.3, -0.25) is 4.79 Å². The SMILES string of the molecule is CCCCCc1oc(/C=C/CCCCCCCCC(=O)OC(CC(=O)[O-])C[N+](C)(C)C)c(C)c1C. The van der Waals surface area contributed by atoms with E-state index in [1.165, 1.54) is 36.8 Å². The molecule has 0 saturated carbocycles. The molecule has 0 spiro atoms. The number of quaternary nitrogens is 1. The number of hydrogen-bond acceptors (Lipinski definition) is 5. The molecule has 1 unspecified atom stereocenters. The van der Waals surface area contributed by atoms with Crippen LogP contribution < -0.4 is 5.11 Å². The number of ether oxygens (including phenoxy) is 1. The monoisotopic (exact) mass is 491 g/mol. The van der Waals surface area contributed by atoms with Crippen LogP contribution in [-0.4, -0.2) is 50.2 Å². The second-order valence-electron chi connectivity index (χ2n) is 10.8. The predicted octanol–water partition coefficient (Wildman–Crippen LogP) is 5.52. The van der Waals surface area contributed by atoms with Gasteiger partial charge in [0.25, 0.3) is 0 Å². The smallest absolute Gasteiger partial charge is 0.306 e. The molecule has 1 aromatic rings. The van der Waals surface area contributed by atoms with Gasteiger partial charge >= 0.3 is 5.97 Å². The number of allylic oxidation sites excluding steroid dienone is 1. The van der Waals surface area contributed by atoms with Gasteiger partial charge in [-0.1, -0.05) is 51.5 Å². The highest BCUT2D eigenvalue weighted by Gasteiger charge is 2.22. The molecule has 0 N–H and O–H groups in total. The zero-order valence-corrected chi connectivity index (χ0v) is 23.1. The minimum atomic E-state index is -1.19. The zero-order valence-electron chi connectivity index (χ0n) is 23.1. The summed E-state index contributed by atoms with van der Waals surface area (Å²) in [5.41, 5.74) is 2.56. The van der Waals surface area contributed by atoms with Crippen LogP contribution in [-0.2, 0) is 20.7 Å². The third-order valence-electron chi connectivity index (χ3n) is 6.31. The molecule has 0 aliphatic heterocycles. The Bertz CT molecular complexity index is 788. The maximum absolute atomic E-state index is 12.1. The number of carbonyl (C=O) groups is 2. The summed E-state index contributed by atoms with van der Waals surface area (Å²) in [6.45, 7) is 6.98. The lowest BCUT2D eigenvalue weighted by atomic mass is 10.1. The molecular weight excluding hydrogens is 442 g/mol. The summed E-state index contributed by atoms with van der Waals surface area (Å²) in [6.07, 6.45) is 15.9. The van der Waals surface area contributed by atoms with Gasteiger partial charge in [-0.25, -0.2) is 0 Å². The van der Waals surface area contributed by atoms with Gasteiger partial charge in [-0.05, 0) is 56.7 Å². The number of nitrogens with zero attached hydrogens (tertiary/aromatic N) is 1. The van der Waals surface area contributed by atoms with Crippen LogP contribution in [0.4, 0.5) is 0 Å². The van der Waals surface area contributed by atoms with Gasteiger partial charge in [0, 0.05) is 25.2 Å². The van der Waals surface area contributed by atoms with Crippen LogP contribution in [0, 0.1) is 13.8 Å². The molecule has 0 aliphatic rings. The highest BCUT2D eigenvalue weighted by Crippen LogP contribution is 2.24. The first-order valence-electron chi connectivity index (χ1n) is 13.5. The number of likely N-dealkylation sites (N-methyl/N-ethyl adjacent to an activating group) is 1. The normalized spacial score (nSPS) is 12.9. The highest BCUT2D eigenvalue weighted by molar-refractivity contribution is 5.70. The molecule has 35 heavy (non-hydrogen) atoms. The van der Waals surface area contributed by atoms with E-state index in [4.69, 9.17) is 9.15 Å². The first kappa shape index (κ1) is 31.0. The van der Waals surface area contributed by atoms with Crippen molar-refractivity contribution in [2.24, 2.45) is 0 Å². The first-order valence-corrected chi connectivity index (χ1v) is 13.5. The maximum atomic E-state index is 12.1. The van der Waals surface area contributed by atoms with Crippen LogP contribution in [0.25, 0.3) is 6.08 Å². The van der Waals surface area contributed by atoms with Crippen LogP contribution in [0.2, 0.25) is 0 Å².